The summed E-state index contributed by atoms with van der Waals surface area (Å²) in [4.78, 5) is 35.3. The zero-order chi connectivity index (χ0) is 30.7. The molecule has 6 rings (SSSR count). The zero-order valence-corrected chi connectivity index (χ0v) is 23.1. The Hall–Kier alpha value is -4.75. The third kappa shape index (κ3) is 6.08. The molecule has 0 atom stereocenters. The van der Waals surface area contributed by atoms with Crippen molar-refractivity contribution in [2.75, 3.05) is 14.0 Å². The molecule has 5 aromatic rings. The maximum absolute atomic E-state index is 13.9. The quantitative estimate of drug-likeness (QED) is 0.206. The number of ether oxygens (including phenoxy) is 1. The molecule has 1 saturated carbocycles. The number of imidazole rings is 1. The summed E-state index contributed by atoms with van der Waals surface area (Å²) < 4.78 is 68.4. The van der Waals surface area contributed by atoms with Gasteiger partial charge in [-0.15, -0.1) is 0 Å². The maximum Gasteiger partial charge on any atom is 0.269 e. The smallest absolute Gasteiger partial charge is 0.269 e. The Morgan fingerprint density at radius 3 is 2.37 bits per heavy atom. The van der Waals surface area contributed by atoms with Crippen LogP contribution in [0.5, 0.6) is 5.88 Å². The minimum atomic E-state index is -2.97. The second kappa shape index (κ2) is 12.6. The first kappa shape index (κ1) is 29.7. The van der Waals surface area contributed by atoms with Crippen LogP contribution >= 0.6 is 0 Å². The Balaban J connectivity index is 0.00000118. The number of methoxy groups -OCH3 is 1. The van der Waals surface area contributed by atoms with Gasteiger partial charge in [-0.25, -0.2) is 46.9 Å². The lowest BCUT2D eigenvalue weighted by atomic mass is 10.1. The van der Waals surface area contributed by atoms with Crippen LogP contribution in [-0.4, -0.2) is 48.1 Å². The van der Waals surface area contributed by atoms with Crippen LogP contribution in [0.3, 0.4) is 0 Å². The molecule has 9 nitrogen and oxygen atoms in total. The second-order valence-electron chi connectivity index (χ2n) is 9.78. The summed E-state index contributed by atoms with van der Waals surface area (Å²) >= 11 is 0. The van der Waals surface area contributed by atoms with Crippen molar-refractivity contribution in [3.05, 3.63) is 81.9 Å². The molecule has 0 unspecified atom stereocenters. The fourth-order valence-electron chi connectivity index (χ4n) is 4.82. The first-order valence-electron chi connectivity index (χ1n) is 13.2. The molecule has 0 saturated heterocycles. The van der Waals surface area contributed by atoms with E-state index in [-0.39, 0.29) is 23.9 Å². The lowest BCUT2D eigenvalue weighted by molar-refractivity contribution is 0.149. The van der Waals surface area contributed by atoms with Gasteiger partial charge in [-0.1, -0.05) is 24.3 Å². The van der Waals surface area contributed by atoms with E-state index in [0.29, 0.717) is 33.9 Å². The van der Waals surface area contributed by atoms with Crippen LogP contribution in [0.1, 0.15) is 47.7 Å². The van der Waals surface area contributed by atoms with Gasteiger partial charge >= 0.3 is 0 Å². The summed E-state index contributed by atoms with van der Waals surface area (Å²) in [5, 5.41) is 0.297. The van der Waals surface area contributed by atoms with E-state index in [1.165, 1.54) is 24.2 Å². The monoisotopic (exact) mass is 599 g/mol. The number of halogens is 5. The summed E-state index contributed by atoms with van der Waals surface area (Å²) in [6, 6.07) is 8.26. The average Bonchev–Trinajstić information content (AvgIpc) is 3.79. The highest BCUT2D eigenvalue weighted by atomic mass is 19.3. The van der Waals surface area contributed by atoms with Crippen molar-refractivity contribution < 1.29 is 26.7 Å². The van der Waals surface area contributed by atoms with Gasteiger partial charge in [-0.05, 0) is 24.5 Å². The molecule has 0 amide bonds. The predicted molar refractivity (Wildman–Crippen MR) is 148 cm³/mol. The third-order valence-electron chi connectivity index (χ3n) is 6.93. The van der Waals surface area contributed by atoms with Gasteiger partial charge in [0.2, 0.25) is 12.8 Å². The van der Waals surface area contributed by atoms with Crippen molar-refractivity contribution in [1.29, 1.82) is 0 Å². The molecular weight excluding hydrogens is 573 g/mol. The van der Waals surface area contributed by atoms with Gasteiger partial charge in [0.25, 0.3) is 12.0 Å². The number of nitrogens with zero attached hydrogens (tertiary/aromatic N) is 7. The highest BCUT2D eigenvalue weighted by molar-refractivity contribution is 5.78. The number of aryl methyl sites for hydroxylation is 1. The number of rotatable bonds is 8. The Morgan fingerprint density at radius 2 is 1.77 bits per heavy atom. The standard InChI is InChI=1S/C28H24F3N7O2.CH2F2/c1-37-13-19(10-29)35-25(37)17-5-3-15(4-6-17)12-38-26-18(9-20(23(30)31)28(38)39)11-32-24(36-26)21-22(16-7-8-16)33-14-34-27(21)40-2;2-1-3/h3-6,9,11,13-14,16,23H,7-8,10,12H2,1-2H3;1H2. The van der Waals surface area contributed by atoms with E-state index in [0.717, 1.165) is 30.2 Å². The van der Waals surface area contributed by atoms with Gasteiger partial charge in [0.15, 0.2) is 5.82 Å². The number of alkyl halides is 5. The topological polar surface area (TPSA) is 101 Å². The van der Waals surface area contributed by atoms with Crippen LogP contribution in [0.15, 0.2) is 53.8 Å². The lowest BCUT2D eigenvalue weighted by Gasteiger charge is -2.15. The third-order valence-corrected chi connectivity index (χ3v) is 6.93. The zero-order valence-electron chi connectivity index (χ0n) is 23.1. The van der Waals surface area contributed by atoms with Crippen LogP contribution in [-0.2, 0) is 20.3 Å². The Morgan fingerprint density at radius 1 is 1.05 bits per heavy atom. The van der Waals surface area contributed by atoms with Crippen LogP contribution < -0.4 is 10.3 Å². The number of benzene rings is 1. The van der Waals surface area contributed by atoms with Gasteiger partial charge in [-0.3, -0.25) is 9.36 Å². The van der Waals surface area contributed by atoms with E-state index in [9.17, 15) is 26.7 Å². The summed E-state index contributed by atoms with van der Waals surface area (Å²) in [5.41, 5.74) is 1.76. The Labute approximate surface area is 242 Å². The predicted octanol–water partition coefficient (Wildman–Crippen LogP) is 5.87. The fraction of sp³-hybridized carbons (Fsp3) is 0.310. The van der Waals surface area contributed by atoms with Gasteiger partial charge in [0, 0.05) is 36.3 Å². The molecule has 0 N–H and O–H groups in total. The van der Waals surface area contributed by atoms with Gasteiger partial charge in [-0.2, -0.15) is 0 Å². The number of fused-ring (bicyclic) bond motifs is 1. The highest BCUT2D eigenvalue weighted by Crippen LogP contribution is 2.44. The minimum Gasteiger partial charge on any atom is -0.480 e. The molecular formula is C29H26F5N7O2. The van der Waals surface area contributed by atoms with Gasteiger partial charge in [0.1, 0.15) is 30.0 Å². The second-order valence-corrected chi connectivity index (χ2v) is 9.78. The van der Waals surface area contributed by atoms with Gasteiger partial charge < -0.3 is 9.30 Å². The van der Waals surface area contributed by atoms with Crippen LogP contribution in [0.2, 0.25) is 0 Å². The first-order chi connectivity index (χ1) is 20.8. The molecule has 0 bridgehead atoms. The molecule has 43 heavy (non-hydrogen) atoms. The van der Waals surface area contributed by atoms with E-state index in [2.05, 4.69) is 24.9 Å². The Kier molecular flexibility index (Phi) is 8.73. The molecule has 224 valence electrons. The molecule has 1 aromatic carbocycles. The van der Waals surface area contributed by atoms with E-state index >= 15 is 0 Å². The fourth-order valence-corrected chi connectivity index (χ4v) is 4.82. The summed E-state index contributed by atoms with van der Waals surface area (Å²) in [5.74, 6) is 1.37. The number of hydrogen-bond donors (Lipinski definition) is 0. The van der Waals surface area contributed by atoms with E-state index in [1.807, 2.05) is 0 Å². The van der Waals surface area contributed by atoms with Crippen molar-refractivity contribution in [2.45, 2.75) is 38.4 Å². The van der Waals surface area contributed by atoms with Crippen LogP contribution in [0.4, 0.5) is 22.0 Å². The molecule has 4 aromatic heterocycles. The molecule has 1 aliphatic carbocycles. The molecule has 1 aliphatic rings. The summed E-state index contributed by atoms with van der Waals surface area (Å²) in [6.45, 7) is -2.43. The largest absolute Gasteiger partial charge is 0.480 e. The molecule has 14 heteroatoms. The van der Waals surface area contributed by atoms with Crippen molar-refractivity contribution in [3.8, 4) is 28.7 Å². The van der Waals surface area contributed by atoms with Crippen LogP contribution in [0, 0.1) is 0 Å². The minimum absolute atomic E-state index is 0.0131. The van der Waals surface area contributed by atoms with Gasteiger partial charge in [0.05, 0.1) is 30.6 Å². The summed E-state index contributed by atoms with van der Waals surface area (Å²) in [6.07, 6.45) is 3.43. The van der Waals surface area contributed by atoms with Crippen molar-refractivity contribution in [3.63, 3.8) is 0 Å². The van der Waals surface area contributed by atoms with Crippen molar-refractivity contribution >= 4 is 11.0 Å². The Bertz CT molecular complexity index is 1800. The molecule has 1 fully saturated rings. The van der Waals surface area contributed by atoms with Crippen molar-refractivity contribution in [2.24, 2.45) is 7.05 Å². The molecule has 0 radical (unpaired) electrons. The average molecular weight is 600 g/mol. The summed E-state index contributed by atoms with van der Waals surface area (Å²) in [7, 11) is 3.26. The van der Waals surface area contributed by atoms with E-state index < -0.39 is 31.2 Å². The lowest BCUT2D eigenvalue weighted by Crippen LogP contribution is -2.26. The number of pyridine rings is 1. The number of hydrogen-bond acceptors (Lipinski definition) is 7. The van der Waals surface area contributed by atoms with Crippen molar-refractivity contribution in [1.82, 2.24) is 34.1 Å². The maximum atomic E-state index is 13.9. The van der Waals surface area contributed by atoms with Crippen LogP contribution in [0.25, 0.3) is 33.8 Å². The molecule has 0 spiro atoms. The normalized spacial score (nSPS) is 12.8. The molecule has 0 aliphatic heterocycles. The molecule has 4 heterocycles. The highest BCUT2D eigenvalue weighted by Gasteiger charge is 2.31. The van der Waals surface area contributed by atoms with E-state index in [4.69, 9.17) is 4.74 Å². The van der Waals surface area contributed by atoms with E-state index in [1.54, 1.807) is 42.1 Å². The number of aromatic nitrogens is 7. The first-order valence-corrected chi connectivity index (χ1v) is 13.2. The SMILES string of the molecule is COc1ncnc(C2CC2)c1-c1ncc2cc(C(F)F)c(=O)n(Cc3ccc(-c4nc(CF)cn4C)cc3)c2n1.FCF.